The molecule has 25 heavy (non-hydrogen) atoms. The number of ether oxygens (including phenoxy) is 1. The summed E-state index contributed by atoms with van der Waals surface area (Å²) in [4.78, 5) is 13.8. The third-order valence-corrected chi connectivity index (χ3v) is 5.26. The molecule has 4 heteroatoms. The minimum Gasteiger partial charge on any atom is -0.494 e. The van der Waals surface area contributed by atoms with Crippen LogP contribution in [0.15, 0.2) is 47.8 Å². The highest BCUT2D eigenvalue weighted by Gasteiger charge is 2.17. The van der Waals surface area contributed by atoms with Gasteiger partial charge >= 0.3 is 0 Å². The second-order valence-corrected chi connectivity index (χ2v) is 7.03. The van der Waals surface area contributed by atoms with Gasteiger partial charge in [-0.05, 0) is 60.2 Å². The van der Waals surface area contributed by atoms with Crippen LogP contribution < -0.4 is 4.74 Å². The van der Waals surface area contributed by atoms with Crippen molar-refractivity contribution in [2.45, 2.75) is 20.3 Å². The maximum Gasteiger partial charge on any atom is 0.194 e. The molecule has 0 N–H and O–H groups in total. The van der Waals surface area contributed by atoms with Gasteiger partial charge in [-0.15, -0.1) is 11.3 Å². The maximum atomic E-state index is 13.9. The molecule has 0 aliphatic rings. The summed E-state index contributed by atoms with van der Waals surface area (Å²) in [6, 6.07) is 12.5. The number of rotatable bonds is 5. The first-order chi connectivity index (χ1) is 12.0. The number of carbonyl (C=O) groups is 1. The van der Waals surface area contributed by atoms with E-state index in [2.05, 4.69) is 32.0 Å². The van der Waals surface area contributed by atoms with Gasteiger partial charge in [-0.1, -0.05) is 18.2 Å². The average molecular weight is 354 g/mol. The monoisotopic (exact) mass is 354 g/mol. The predicted molar refractivity (Wildman–Crippen MR) is 99.4 cm³/mol. The van der Waals surface area contributed by atoms with E-state index in [9.17, 15) is 9.18 Å². The molecule has 2 nitrogen and oxygen atoms in total. The van der Waals surface area contributed by atoms with Gasteiger partial charge in [-0.2, -0.15) is 0 Å². The zero-order valence-corrected chi connectivity index (χ0v) is 15.2. The highest BCUT2D eigenvalue weighted by molar-refractivity contribution is 7.10. The summed E-state index contributed by atoms with van der Waals surface area (Å²) < 4.78 is 18.8. The maximum absolute atomic E-state index is 13.9. The molecule has 0 fully saturated rings. The molecule has 0 aliphatic carbocycles. The minimum atomic E-state index is -0.528. The van der Waals surface area contributed by atoms with Crippen LogP contribution >= 0.6 is 11.3 Å². The van der Waals surface area contributed by atoms with Crippen LogP contribution in [0, 0.1) is 19.7 Å². The van der Waals surface area contributed by atoms with Crippen molar-refractivity contribution in [3.63, 3.8) is 0 Å². The highest BCUT2D eigenvalue weighted by Crippen LogP contribution is 2.26. The van der Waals surface area contributed by atoms with Gasteiger partial charge in [0, 0.05) is 22.4 Å². The predicted octanol–water partition coefficient (Wildman–Crippen LogP) is 5.33. The summed E-state index contributed by atoms with van der Waals surface area (Å²) >= 11 is 1.55. The van der Waals surface area contributed by atoms with Crippen molar-refractivity contribution in [3.05, 3.63) is 86.4 Å². The average Bonchev–Trinajstić information content (AvgIpc) is 3.05. The summed E-state index contributed by atoms with van der Waals surface area (Å²) in [7, 11) is 1.40. The number of aryl methyl sites for hydroxylation is 2. The SMILES string of the molecule is COc1ccc(C(=O)c2ccsc2Cc2ccc(C)c(C)c2)cc1F. The third-order valence-electron chi connectivity index (χ3n) is 4.34. The number of methoxy groups -OCH3 is 1. The van der Waals surface area contributed by atoms with Crippen molar-refractivity contribution in [2.24, 2.45) is 0 Å². The molecule has 1 heterocycles. The Hall–Kier alpha value is -2.46. The van der Waals surface area contributed by atoms with E-state index in [1.807, 2.05) is 11.4 Å². The van der Waals surface area contributed by atoms with Crippen LogP contribution in [-0.2, 0) is 6.42 Å². The first-order valence-corrected chi connectivity index (χ1v) is 8.88. The molecule has 0 saturated carbocycles. The van der Waals surface area contributed by atoms with E-state index < -0.39 is 5.82 Å². The van der Waals surface area contributed by atoms with E-state index in [0.717, 1.165) is 4.88 Å². The number of benzene rings is 2. The van der Waals surface area contributed by atoms with Gasteiger partial charge < -0.3 is 4.74 Å². The molecule has 1 aromatic heterocycles. The van der Waals surface area contributed by atoms with E-state index in [1.165, 1.54) is 35.9 Å². The number of hydrogen-bond donors (Lipinski definition) is 0. The Morgan fingerprint density at radius 1 is 1.08 bits per heavy atom. The van der Waals surface area contributed by atoms with Crippen molar-refractivity contribution < 1.29 is 13.9 Å². The first kappa shape index (κ1) is 17.4. The Bertz CT molecular complexity index is 927. The van der Waals surface area contributed by atoms with Crippen LogP contribution in [0.25, 0.3) is 0 Å². The fourth-order valence-corrected chi connectivity index (χ4v) is 3.65. The number of thiophene rings is 1. The lowest BCUT2D eigenvalue weighted by Gasteiger charge is -2.08. The fraction of sp³-hybridized carbons (Fsp3) is 0.190. The van der Waals surface area contributed by atoms with Gasteiger partial charge in [0.1, 0.15) is 0 Å². The van der Waals surface area contributed by atoms with Crippen molar-refractivity contribution in [2.75, 3.05) is 7.11 Å². The van der Waals surface area contributed by atoms with E-state index >= 15 is 0 Å². The van der Waals surface area contributed by atoms with Crippen LogP contribution in [0.1, 0.15) is 37.5 Å². The topological polar surface area (TPSA) is 26.3 Å². The van der Waals surface area contributed by atoms with Crippen LogP contribution in [0.2, 0.25) is 0 Å². The number of ketones is 1. The van der Waals surface area contributed by atoms with Gasteiger partial charge in [0.05, 0.1) is 7.11 Å². The van der Waals surface area contributed by atoms with Gasteiger partial charge in [0.2, 0.25) is 0 Å². The summed E-state index contributed by atoms with van der Waals surface area (Å²) in [6.45, 7) is 4.16. The Morgan fingerprint density at radius 2 is 1.88 bits per heavy atom. The van der Waals surface area contributed by atoms with Crippen LogP contribution in [0.3, 0.4) is 0 Å². The van der Waals surface area contributed by atoms with E-state index in [4.69, 9.17) is 4.74 Å². The van der Waals surface area contributed by atoms with Gasteiger partial charge in [-0.3, -0.25) is 4.79 Å². The van der Waals surface area contributed by atoms with Gasteiger partial charge in [-0.25, -0.2) is 4.39 Å². The molecule has 0 bridgehead atoms. The Morgan fingerprint density at radius 3 is 2.56 bits per heavy atom. The lowest BCUT2D eigenvalue weighted by Crippen LogP contribution is -2.04. The number of hydrogen-bond acceptors (Lipinski definition) is 3. The lowest BCUT2D eigenvalue weighted by atomic mass is 9.99. The molecule has 2 aromatic carbocycles. The fourth-order valence-electron chi connectivity index (χ4n) is 2.74. The Kier molecular flexibility index (Phi) is 5.00. The molecule has 0 radical (unpaired) electrons. The zero-order chi connectivity index (χ0) is 18.0. The normalized spacial score (nSPS) is 10.7. The lowest BCUT2D eigenvalue weighted by molar-refractivity contribution is 0.103. The van der Waals surface area contributed by atoms with E-state index in [1.54, 1.807) is 17.4 Å². The smallest absolute Gasteiger partial charge is 0.194 e. The van der Waals surface area contributed by atoms with Crippen molar-refractivity contribution in [1.82, 2.24) is 0 Å². The molecule has 0 saturated heterocycles. The molecular weight excluding hydrogens is 335 g/mol. The quantitative estimate of drug-likeness (QED) is 0.579. The second-order valence-electron chi connectivity index (χ2n) is 6.03. The molecule has 0 unspecified atom stereocenters. The number of halogens is 1. The standard InChI is InChI=1S/C21H19FO2S/c1-13-4-5-15(10-14(13)2)11-20-17(8-9-25-20)21(23)16-6-7-19(24-3)18(22)12-16/h4-10,12H,11H2,1-3H3. The third kappa shape index (κ3) is 3.64. The van der Waals surface area contributed by atoms with Gasteiger partial charge in [0.15, 0.2) is 17.3 Å². The Balaban J connectivity index is 1.89. The molecule has 0 amide bonds. The summed E-state index contributed by atoms with van der Waals surface area (Å²) in [5, 5.41) is 1.91. The minimum absolute atomic E-state index is 0.136. The molecule has 128 valence electrons. The molecule has 3 rings (SSSR count). The zero-order valence-electron chi connectivity index (χ0n) is 14.4. The molecule has 3 aromatic rings. The molecule has 0 atom stereocenters. The van der Waals surface area contributed by atoms with Crippen molar-refractivity contribution in [1.29, 1.82) is 0 Å². The van der Waals surface area contributed by atoms with Crippen LogP contribution in [-0.4, -0.2) is 12.9 Å². The summed E-state index contributed by atoms with van der Waals surface area (Å²) in [5.74, 6) is -0.557. The van der Waals surface area contributed by atoms with Crippen LogP contribution in [0.5, 0.6) is 5.75 Å². The molecular formula is C21H19FO2S. The molecule has 0 spiro atoms. The van der Waals surface area contributed by atoms with Crippen molar-refractivity contribution in [3.8, 4) is 5.75 Å². The second kappa shape index (κ2) is 7.19. The number of carbonyl (C=O) groups excluding carboxylic acids is 1. The molecule has 0 aliphatic heterocycles. The summed E-state index contributed by atoms with van der Waals surface area (Å²) in [6.07, 6.45) is 0.693. The Labute approximate surface area is 150 Å². The largest absolute Gasteiger partial charge is 0.494 e. The van der Waals surface area contributed by atoms with Gasteiger partial charge in [0.25, 0.3) is 0 Å². The van der Waals surface area contributed by atoms with E-state index in [-0.39, 0.29) is 11.5 Å². The first-order valence-electron chi connectivity index (χ1n) is 8.00. The highest BCUT2D eigenvalue weighted by atomic mass is 32.1. The van der Waals surface area contributed by atoms with E-state index in [0.29, 0.717) is 17.5 Å². The van der Waals surface area contributed by atoms with Crippen LogP contribution in [0.4, 0.5) is 4.39 Å². The van der Waals surface area contributed by atoms with Crippen molar-refractivity contribution >= 4 is 17.1 Å². The summed E-state index contributed by atoms with van der Waals surface area (Å²) in [5.41, 5.74) is 4.62.